The number of amides is 1. The number of hydrogen-bond donors (Lipinski definition) is 3. The highest BCUT2D eigenvalue weighted by molar-refractivity contribution is 5.80. The van der Waals surface area contributed by atoms with E-state index < -0.39 is 17.6 Å². The summed E-state index contributed by atoms with van der Waals surface area (Å²) in [5.74, 6) is -1.11. The Labute approximate surface area is 170 Å². The predicted octanol–water partition coefficient (Wildman–Crippen LogP) is 4.23. The number of carbonyl (C=O) groups excluding carboxylic acids is 1. The number of hydrazine groups is 1. The largest absolute Gasteiger partial charge is 0.480 e. The number of fused-ring (bicyclic) bond motifs is 3. The number of benzene rings is 2. The van der Waals surface area contributed by atoms with Gasteiger partial charge in [-0.2, -0.15) is 0 Å². The quantitative estimate of drug-likeness (QED) is 0.461. The summed E-state index contributed by atoms with van der Waals surface area (Å²) < 4.78 is 5.42. The molecule has 1 aliphatic carbocycles. The molecule has 2 aromatic carbocycles. The van der Waals surface area contributed by atoms with Crippen molar-refractivity contribution < 1.29 is 19.4 Å². The number of nitrogens with one attached hydrogen (secondary N) is 2. The Morgan fingerprint density at radius 2 is 1.66 bits per heavy atom. The maximum atomic E-state index is 12.2. The zero-order valence-electron chi connectivity index (χ0n) is 16.6. The third-order valence-electron chi connectivity index (χ3n) is 5.18. The van der Waals surface area contributed by atoms with E-state index in [1.54, 1.807) is 6.08 Å². The second-order valence-corrected chi connectivity index (χ2v) is 7.30. The number of ether oxygens (including phenoxy) is 1. The average Bonchev–Trinajstić information content (AvgIpc) is 3.05. The number of carboxylic acids is 1. The lowest BCUT2D eigenvalue weighted by Gasteiger charge is -2.25. The summed E-state index contributed by atoms with van der Waals surface area (Å²) in [6.45, 7) is 3.65. The molecule has 0 spiro atoms. The van der Waals surface area contributed by atoms with E-state index in [0.29, 0.717) is 0 Å². The van der Waals surface area contributed by atoms with Crippen molar-refractivity contribution in [3.63, 3.8) is 0 Å². The van der Waals surface area contributed by atoms with Gasteiger partial charge in [-0.25, -0.2) is 10.2 Å². The van der Waals surface area contributed by atoms with Gasteiger partial charge in [0.2, 0.25) is 0 Å². The SMILES string of the molecule is CCC=CC[C@](C)(NNC(=O)OCC1c2ccccc2-c2ccccc21)C(=O)O. The molecular formula is C23H26N2O4. The van der Waals surface area contributed by atoms with E-state index in [1.165, 1.54) is 6.92 Å². The Balaban J connectivity index is 1.62. The van der Waals surface area contributed by atoms with Crippen LogP contribution in [-0.4, -0.2) is 29.3 Å². The standard InChI is InChI=1S/C23H26N2O4/c1-3-4-9-14-23(2,21(26)27)25-24-22(28)29-15-20-18-12-7-5-10-16(18)17-11-6-8-13-19(17)20/h4-13,20,25H,3,14-15H2,1-2H3,(H,24,28)(H,26,27)/t23-/m0/s1. The summed E-state index contributed by atoms with van der Waals surface area (Å²) in [5, 5.41) is 9.48. The molecule has 29 heavy (non-hydrogen) atoms. The Morgan fingerprint density at radius 3 is 2.21 bits per heavy atom. The van der Waals surface area contributed by atoms with Crippen LogP contribution in [0, 0.1) is 0 Å². The fraction of sp³-hybridized carbons (Fsp3) is 0.304. The summed E-state index contributed by atoms with van der Waals surface area (Å²) in [4.78, 5) is 23.8. The lowest BCUT2D eigenvalue weighted by atomic mass is 9.98. The van der Waals surface area contributed by atoms with Crippen molar-refractivity contribution in [2.24, 2.45) is 0 Å². The molecule has 3 N–H and O–H groups in total. The van der Waals surface area contributed by atoms with Gasteiger partial charge in [0.15, 0.2) is 0 Å². The van der Waals surface area contributed by atoms with Gasteiger partial charge in [0.25, 0.3) is 0 Å². The van der Waals surface area contributed by atoms with Gasteiger partial charge in [-0.1, -0.05) is 67.6 Å². The van der Waals surface area contributed by atoms with Gasteiger partial charge in [0.05, 0.1) is 0 Å². The Morgan fingerprint density at radius 1 is 1.07 bits per heavy atom. The zero-order valence-corrected chi connectivity index (χ0v) is 16.6. The lowest BCUT2D eigenvalue weighted by Crippen LogP contribution is -2.57. The number of aliphatic carboxylic acids is 1. The van der Waals surface area contributed by atoms with Crippen molar-refractivity contribution in [3.8, 4) is 11.1 Å². The van der Waals surface area contributed by atoms with E-state index in [1.807, 2.05) is 49.4 Å². The van der Waals surface area contributed by atoms with E-state index >= 15 is 0 Å². The van der Waals surface area contributed by atoms with E-state index in [4.69, 9.17) is 4.74 Å². The minimum absolute atomic E-state index is 0.0495. The maximum Gasteiger partial charge on any atom is 0.421 e. The molecule has 6 nitrogen and oxygen atoms in total. The van der Waals surface area contributed by atoms with Crippen molar-refractivity contribution in [3.05, 3.63) is 71.8 Å². The monoisotopic (exact) mass is 394 g/mol. The van der Waals surface area contributed by atoms with Crippen LogP contribution < -0.4 is 10.9 Å². The molecule has 1 amide bonds. The molecule has 3 rings (SSSR count). The topological polar surface area (TPSA) is 87.7 Å². The first-order valence-corrected chi connectivity index (χ1v) is 9.73. The third-order valence-corrected chi connectivity index (χ3v) is 5.18. The molecule has 0 unspecified atom stereocenters. The van der Waals surface area contributed by atoms with Crippen molar-refractivity contribution in [1.82, 2.24) is 10.9 Å². The van der Waals surface area contributed by atoms with Gasteiger partial charge in [-0.05, 0) is 42.0 Å². The van der Waals surface area contributed by atoms with Gasteiger partial charge in [0, 0.05) is 5.92 Å². The first kappa shape index (κ1) is 20.6. The molecule has 0 saturated carbocycles. The summed E-state index contributed by atoms with van der Waals surface area (Å²) in [5.41, 5.74) is 8.19. The van der Waals surface area contributed by atoms with Crippen LogP contribution in [-0.2, 0) is 9.53 Å². The molecule has 0 saturated heterocycles. The van der Waals surface area contributed by atoms with E-state index in [2.05, 4.69) is 23.0 Å². The van der Waals surface area contributed by atoms with Crippen LogP contribution in [0.5, 0.6) is 0 Å². The van der Waals surface area contributed by atoms with Gasteiger partial charge >= 0.3 is 12.1 Å². The van der Waals surface area contributed by atoms with Crippen molar-refractivity contribution in [1.29, 1.82) is 0 Å². The van der Waals surface area contributed by atoms with Gasteiger partial charge in [-0.15, -0.1) is 0 Å². The first-order chi connectivity index (χ1) is 14.0. The van der Waals surface area contributed by atoms with Gasteiger partial charge in [0.1, 0.15) is 12.1 Å². The minimum Gasteiger partial charge on any atom is -0.480 e. The normalized spacial score (nSPS) is 14.8. The summed E-state index contributed by atoms with van der Waals surface area (Å²) in [6.07, 6.45) is 4.00. The molecule has 1 aliphatic rings. The number of carboxylic acid groups (broad SMARTS) is 1. The molecule has 6 heteroatoms. The molecule has 2 aromatic rings. The second kappa shape index (κ2) is 8.92. The molecule has 1 atom stereocenters. The van der Waals surface area contributed by atoms with E-state index in [-0.39, 0.29) is 18.9 Å². The fourth-order valence-corrected chi connectivity index (χ4v) is 3.50. The maximum absolute atomic E-state index is 12.2. The Bertz CT molecular complexity index is 879. The third kappa shape index (κ3) is 4.49. The van der Waals surface area contributed by atoms with Gasteiger partial charge < -0.3 is 9.84 Å². The molecule has 0 bridgehead atoms. The van der Waals surface area contributed by atoms with Crippen LogP contribution in [0.25, 0.3) is 11.1 Å². The number of allylic oxidation sites excluding steroid dienone is 1. The van der Waals surface area contributed by atoms with Crippen LogP contribution in [0.4, 0.5) is 4.79 Å². The molecule has 0 aromatic heterocycles. The molecule has 0 radical (unpaired) electrons. The fourth-order valence-electron chi connectivity index (χ4n) is 3.50. The number of hydrogen-bond acceptors (Lipinski definition) is 4. The summed E-state index contributed by atoms with van der Waals surface area (Å²) in [7, 11) is 0. The number of carbonyl (C=O) groups is 2. The smallest absolute Gasteiger partial charge is 0.421 e. The van der Waals surface area contributed by atoms with Crippen LogP contribution in [0.1, 0.15) is 43.7 Å². The van der Waals surface area contributed by atoms with Crippen LogP contribution in [0.15, 0.2) is 60.7 Å². The number of rotatable bonds is 8. The van der Waals surface area contributed by atoms with E-state index in [0.717, 1.165) is 28.7 Å². The first-order valence-electron chi connectivity index (χ1n) is 9.73. The van der Waals surface area contributed by atoms with Gasteiger partial charge in [-0.3, -0.25) is 10.2 Å². The van der Waals surface area contributed by atoms with Crippen LogP contribution >= 0.6 is 0 Å². The molecule has 0 aliphatic heterocycles. The van der Waals surface area contributed by atoms with Crippen molar-refractivity contribution in [2.45, 2.75) is 38.1 Å². The average molecular weight is 394 g/mol. The molecule has 0 fully saturated rings. The highest BCUT2D eigenvalue weighted by atomic mass is 16.6. The Kier molecular flexibility index (Phi) is 6.34. The predicted molar refractivity (Wildman–Crippen MR) is 111 cm³/mol. The molecular weight excluding hydrogens is 368 g/mol. The summed E-state index contributed by atoms with van der Waals surface area (Å²) in [6, 6.07) is 16.2. The lowest BCUT2D eigenvalue weighted by molar-refractivity contribution is -0.144. The highest BCUT2D eigenvalue weighted by Crippen LogP contribution is 2.44. The highest BCUT2D eigenvalue weighted by Gasteiger charge is 2.33. The van der Waals surface area contributed by atoms with Crippen molar-refractivity contribution in [2.75, 3.05) is 6.61 Å². The van der Waals surface area contributed by atoms with Crippen molar-refractivity contribution >= 4 is 12.1 Å². The molecule has 0 heterocycles. The summed E-state index contributed by atoms with van der Waals surface area (Å²) >= 11 is 0. The Hall–Kier alpha value is -3.12. The van der Waals surface area contributed by atoms with Crippen LogP contribution in [0.3, 0.4) is 0 Å². The second-order valence-electron chi connectivity index (χ2n) is 7.30. The molecule has 152 valence electrons. The van der Waals surface area contributed by atoms with Crippen LogP contribution in [0.2, 0.25) is 0 Å². The minimum atomic E-state index is -1.32. The van der Waals surface area contributed by atoms with E-state index in [9.17, 15) is 14.7 Å². The zero-order chi connectivity index (χ0) is 20.9.